The zero-order valence-corrected chi connectivity index (χ0v) is 9.95. The minimum Gasteiger partial charge on any atom is -0.362 e. The van der Waals surface area contributed by atoms with E-state index < -0.39 is 18.9 Å². The highest BCUT2D eigenvalue weighted by atomic mass is 79.9. The molecule has 0 aliphatic carbocycles. The Morgan fingerprint density at radius 3 is 2.53 bits per heavy atom. The highest BCUT2D eigenvalue weighted by molar-refractivity contribution is 9.11. The van der Waals surface area contributed by atoms with Crippen LogP contribution in [0.1, 0.15) is 11.0 Å². The van der Waals surface area contributed by atoms with E-state index in [1.807, 2.05) is 0 Å². The van der Waals surface area contributed by atoms with Crippen molar-refractivity contribution in [2.24, 2.45) is 5.73 Å². The van der Waals surface area contributed by atoms with E-state index in [2.05, 4.69) is 15.9 Å². The Hall–Kier alpha value is -0.110. The normalized spacial score (nSPS) is 14.2. The van der Waals surface area contributed by atoms with Crippen molar-refractivity contribution < 1.29 is 17.9 Å². The Labute approximate surface area is 97.3 Å². The van der Waals surface area contributed by atoms with Gasteiger partial charge in [0.15, 0.2) is 0 Å². The summed E-state index contributed by atoms with van der Waals surface area (Å²) in [7, 11) is 0. The Balaban J connectivity index is 2.57. The molecule has 1 rings (SSSR count). The van der Waals surface area contributed by atoms with Crippen LogP contribution in [-0.4, -0.2) is 19.3 Å². The van der Waals surface area contributed by atoms with Crippen molar-refractivity contribution in [1.82, 2.24) is 0 Å². The highest BCUT2D eigenvalue weighted by Gasteiger charge is 2.29. The average Bonchev–Trinajstić information content (AvgIpc) is 2.51. The van der Waals surface area contributed by atoms with Crippen LogP contribution in [0.25, 0.3) is 0 Å². The van der Waals surface area contributed by atoms with E-state index in [9.17, 15) is 13.2 Å². The van der Waals surface area contributed by atoms with Crippen LogP contribution in [0.15, 0.2) is 15.9 Å². The van der Waals surface area contributed by atoms with Gasteiger partial charge in [-0.25, -0.2) is 0 Å². The summed E-state index contributed by atoms with van der Waals surface area (Å²) in [5.41, 5.74) is 5.34. The molecular formula is C8H9BrF3NOS. The number of ether oxygens (including phenoxy) is 1. The topological polar surface area (TPSA) is 35.2 Å². The number of rotatable bonds is 4. The molecule has 0 radical (unpaired) electrons. The van der Waals surface area contributed by atoms with Gasteiger partial charge in [-0.1, -0.05) is 0 Å². The molecule has 0 saturated heterocycles. The largest absolute Gasteiger partial charge is 0.411 e. The van der Waals surface area contributed by atoms with Crippen molar-refractivity contribution in [2.75, 3.05) is 13.2 Å². The highest BCUT2D eigenvalue weighted by Crippen LogP contribution is 2.30. The van der Waals surface area contributed by atoms with E-state index >= 15 is 0 Å². The quantitative estimate of drug-likeness (QED) is 0.928. The van der Waals surface area contributed by atoms with Gasteiger partial charge in [0, 0.05) is 11.4 Å². The molecule has 0 bridgehead atoms. The maximum atomic E-state index is 11.9. The second-order valence-corrected chi connectivity index (χ2v) is 5.29. The smallest absolute Gasteiger partial charge is 0.362 e. The molecule has 0 amide bonds. The fourth-order valence-corrected chi connectivity index (χ4v) is 2.45. The second kappa shape index (κ2) is 5.29. The number of thiophene rings is 1. The third kappa shape index (κ3) is 4.50. The van der Waals surface area contributed by atoms with E-state index in [-0.39, 0.29) is 6.54 Å². The molecule has 1 heterocycles. The first kappa shape index (κ1) is 13.0. The van der Waals surface area contributed by atoms with Crippen LogP contribution in [0, 0.1) is 0 Å². The Morgan fingerprint density at radius 2 is 2.13 bits per heavy atom. The summed E-state index contributed by atoms with van der Waals surface area (Å²) >= 11 is 4.54. The third-order valence-electron chi connectivity index (χ3n) is 1.57. The molecule has 0 saturated carbocycles. The summed E-state index contributed by atoms with van der Waals surface area (Å²) in [4.78, 5) is 0.689. The fourth-order valence-electron chi connectivity index (χ4n) is 0.963. The van der Waals surface area contributed by atoms with Gasteiger partial charge in [0.1, 0.15) is 12.7 Å². The molecular weight excluding hydrogens is 295 g/mol. The molecule has 1 aromatic rings. The van der Waals surface area contributed by atoms with Gasteiger partial charge in [0.05, 0.1) is 3.79 Å². The van der Waals surface area contributed by atoms with Gasteiger partial charge in [-0.05, 0) is 28.1 Å². The van der Waals surface area contributed by atoms with Crippen molar-refractivity contribution in [2.45, 2.75) is 12.3 Å². The standard InChI is InChI=1S/C8H9BrF3NOS/c9-7-2-1-6(15-7)5(3-13)14-4-8(10,11)12/h1-2,5H,3-4,13H2. The predicted molar refractivity (Wildman–Crippen MR) is 55.8 cm³/mol. The van der Waals surface area contributed by atoms with Crippen LogP contribution >= 0.6 is 27.3 Å². The lowest BCUT2D eigenvalue weighted by Gasteiger charge is -2.15. The molecule has 7 heteroatoms. The van der Waals surface area contributed by atoms with Crippen LogP contribution in [0.4, 0.5) is 13.2 Å². The van der Waals surface area contributed by atoms with Crippen molar-refractivity contribution >= 4 is 27.3 Å². The number of hydrogen-bond acceptors (Lipinski definition) is 3. The van der Waals surface area contributed by atoms with Crippen LogP contribution in [0.5, 0.6) is 0 Å². The second-order valence-electron chi connectivity index (χ2n) is 2.79. The monoisotopic (exact) mass is 303 g/mol. The number of nitrogens with two attached hydrogens (primary N) is 1. The summed E-state index contributed by atoms with van der Waals surface area (Å²) in [6.07, 6.45) is -5.01. The molecule has 1 unspecified atom stereocenters. The lowest BCUT2D eigenvalue weighted by atomic mass is 10.3. The lowest BCUT2D eigenvalue weighted by molar-refractivity contribution is -0.184. The number of hydrogen-bond donors (Lipinski definition) is 1. The first-order chi connectivity index (χ1) is 6.92. The van der Waals surface area contributed by atoms with Crippen molar-refractivity contribution in [3.63, 3.8) is 0 Å². The average molecular weight is 304 g/mol. The Morgan fingerprint density at radius 1 is 1.47 bits per heavy atom. The molecule has 0 spiro atoms. The summed E-state index contributed by atoms with van der Waals surface area (Å²) in [6.45, 7) is -1.24. The Kier molecular flexibility index (Phi) is 4.57. The van der Waals surface area contributed by atoms with Crippen LogP contribution < -0.4 is 5.73 Å². The van der Waals surface area contributed by atoms with Gasteiger partial charge < -0.3 is 10.5 Å². The molecule has 2 N–H and O–H groups in total. The summed E-state index contributed by atoms with van der Waals surface area (Å²) in [5.74, 6) is 0. The molecule has 0 aromatic carbocycles. The van der Waals surface area contributed by atoms with Gasteiger partial charge in [-0.3, -0.25) is 0 Å². The number of halogens is 4. The predicted octanol–water partition coefficient (Wildman–Crippen LogP) is 3.09. The molecule has 15 heavy (non-hydrogen) atoms. The molecule has 0 fully saturated rings. The van der Waals surface area contributed by atoms with Gasteiger partial charge >= 0.3 is 6.18 Å². The van der Waals surface area contributed by atoms with Crippen molar-refractivity contribution in [3.8, 4) is 0 Å². The van der Waals surface area contributed by atoms with Crippen molar-refractivity contribution in [1.29, 1.82) is 0 Å². The SMILES string of the molecule is NCC(OCC(F)(F)F)c1ccc(Br)s1. The zero-order valence-electron chi connectivity index (χ0n) is 7.55. The fraction of sp³-hybridized carbons (Fsp3) is 0.500. The molecule has 0 aliphatic rings. The maximum Gasteiger partial charge on any atom is 0.411 e. The first-order valence-electron chi connectivity index (χ1n) is 4.06. The molecule has 2 nitrogen and oxygen atoms in total. The zero-order chi connectivity index (χ0) is 11.5. The Bertz CT molecular complexity index is 315. The molecule has 1 aromatic heterocycles. The molecule has 0 aliphatic heterocycles. The van der Waals surface area contributed by atoms with E-state index in [4.69, 9.17) is 10.5 Å². The summed E-state index contributed by atoms with van der Waals surface area (Å²) in [5, 5.41) is 0. The summed E-state index contributed by atoms with van der Waals surface area (Å²) in [6, 6.07) is 3.45. The van der Waals surface area contributed by atoms with E-state index in [0.717, 1.165) is 3.79 Å². The van der Waals surface area contributed by atoms with E-state index in [0.29, 0.717) is 4.88 Å². The van der Waals surface area contributed by atoms with Crippen LogP contribution in [0.2, 0.25) is 0 Å². The minimum absolute atomic E-state index is 0.0308. The minimum atomic E-state index is -4.32. The van der Waals surface area contributed by atoms with E-state index in [1.165, 1.54) is 11.3 Å². The molecule has 1 atom stereocenters. The first-order valence-corrected chi connectivity index (χ1v) is 5.67. The van der Waals surface area contributed by atoms with Crippen LogP contribution in [0.3, 0.4) is 0 Å². The van der Waals surface area contributed by atoms with Gasteiger partial charge in [0.2, 0.25) is 0 Å². The number of alkyl halides is 3. The lowest BCUT2D eigenvalue weighted by Crippen LogP contribution is -2.23. The van der Waals surface area contributed by atoms with Crippen LogP contribution in [-0.2, 0) is 4.74 Å². The van der Waals surface area contributed by atoms with Crippen molar-refractivity contribution in [3.05, 3.63) is 20.8 Å². The van der Waals surface area contributed by atoms with E-state index in [1.54, 1.807) is 12.1 Å². The maximum absolute atomic E-state index is 11.9. The van der Waals surface area contributed by atoms with Gasteiger partial charge in [-0.2, -0.15) is 13.2 Å². The third-order valence-corrected chi connectivity index (χ3v) is 3.29. The molecule has 86 valence electrons. The van der Waals surface area contributed by atoms with Gasteiger partial charge in [-0.15, -0.1) is 11.3 Å². The summed E-state index contributed by atoms with van der Waals surface area (Å²) < 4.78 is 41.2. The van der Waals surface area contributed by atoms with Gasteiger partial charge in [0.25, 0.3) is 0 Å².